The van der Waals surface area contributed by atoms with Crippen molar-refractivity contribution in [1.82, 2.24) is 19.7 Å². The van der Waals surface area contributed by atoms with Gasteiger partial charge in [-0.3, -0.25) is 4.79 Å². The van der Waals surface area contributed by atoms with Crippen molar-refractivity contribution in [1.29, 1.82) is 0 Å². The van der Waals surface area contributed by atoms with Gasteiger partial charge in [0, 0.05) is 24.9 Å². The molecule has 2 aromatic heterocycles. The number of fused-ring (bicyclic) bond motifs is 1. The average Bonchev–Trinajstić information content (AvgIpc) is 3.25. The Hall–Kier alpha value is -3.94. The van der Waals surface area contributed by atoms with Crippen molar-refractivity contribution < 1.29 is 9.53 Å². The van der Waals surface area contributed by atoms with Crippen LogP contribution in [0, 0.1) is 0 Å². The summed E-state index contributed by atoms with van der Waals surface area (Å²) in [4.78, 5) is 20.4. The molecule has 1 saturated carbocycles. The van der Waals surface area contributed by atoms with Crippen LogP contribution in [0.4, 0.5) is 11.5 Å². The largest absolute Gasteiger partial charge is 0.495 e. The first-order valence-corrected chi connectivity index (χ1v) is 11.1. The number of nitrogen functional groups attached to an aromatic ring is 1. The molecular formula is C25H26N6O2. The number of nitrogens with two attached hydrogens (primary N) is 1. The van der Waals surface area contributed by atoms with Crippen molar-refractivity contribution in [2.45, 2.75) is 38.3 Å². The Bertz CT molecular complexity index is 1290. The number of ether oxygens (including phenoxy) is 1. The van der Waals surface area contributed by atoms with Gasteiger partial charge in [-0.05, 0) is 30.5 Å². The lowest BCUT2D eigenvalue weighted by molar-refractivity contribution is -0.120. The van der Waals surface area contributed by atoms with Gasteiger partial charge in [0.15, 0.2) is 5.65 Å². The molecule has 0 atom stereocenters. The molecule has 1 aliphatic rings. The van der Waals surface area contributed by atoms with Crippen molar-refractivity contribution in [2.24, 2.45) is 0 Å². The number of hydrogen-bond acceptors (Lipinski definition) is 7. The van der Waals surface area contributed by atoms with Gasteiger partial charge in [0.05, 0.1) is 24.2 Å². The van der Waals surface area contributed by atoms with E-state index in [2.05, 4.69) is 27.4 Å². The number of hydrogen-bond donors (Lipinski definition) is 2. The second-order valence-corrected chi connectivity index (χ2v) is 8.27. The van der Waals surface area contributed by atoms with Gasteiger partial charge in [-0.1, -0.05) is 36.4 Å². The third kappa shape index (κ3) is 4.11. The van der Waals surface area contributed by atoms with Gasteiger partial charge in [0.25, 0.3) is 0 Å². The van der Waals surface area contributed by atoms with Crippen LogP contribution in [0.15, 0.2) is 54.9 Å². The molecule has 0 aliphatic heterocycles. The lowest BCUT2D eigenvalue weighted by Gasteiger charge is -2.21. The smallest absolute Gasteiger partial charge is 0.164 e. The predicted molar refractivity (Wildman–Crippen MR) is 128 cm³/mol. The van der Waals surface area contributed by atoms with Crippen LogP contribution in [-0.2, 0) is 11.3 Å². The average molecular weight is 443 g/mol. The molecular weight excluding hydrogens is 416 g/mol. The van der Waals surface area contributed by atoms with Crippen LogP contribution in [0.1, 0.15) is 37.3 Å². The number of carbonyl (C=O) groups is 1. The zero-order chi connectivity index (χ0) is 22.8. The lowest BCUT2D eigenvalue weighted by atomic mass is 9.94. The second-order valence-electron chi connectivity index (χ2n) is 8.27. The van der Waals surface area contributed by atoms with Crippen LogP contribution in [0.2, 0.25) is 0 Å². The Balaban J connectivity index is 1.51. The highest BCUT2D eigenvalue weighted by atomic mass is 16.5. The number of methoxy groups -OCH3 is 1. The van der Waals surface area contributed by atoms with E-state index in [4.69, 9.17) is 15.6 Å². The molecule has 0 radical (unpaired) electrons. The fourth-order valence-electron chi connectivity index (χ4n) is 4.40. The van der Waals surface area contributed by atoms with E-state index >= 15 is 0 Å². The van der Waals surface area contributed by atoms with E-state index in [-0.39, 0.29) is 6.04 Å². The number of nitrogens with zero attached hydrogens (tertiary/aromatic N) is 4. The molecule has 5 rings (SSSR count). The maximum atomic E-state index is 11.7. The van der Waals surface area contributed by atoms with Crippen LogP contribution < -0.4 is 15.8 Å². The van der Waals surface area contributed by atoms with E-state index in [1.54, 1.807) is 7.11 Å². The van der Waals surface area contributed by atoms with E-state index in [1.807, 2.05) is 41.1 Å². The van der Waals surface area contributed by atoms with Gasteiger partial charge in [-0.2, -0.15) is 5.10 Å². The summed E-state index contributed by atoms with van der Waals surface area (Å²) in [7, 11) is 1.65. The van der Waals surface area contributed by atoms with Crippen LogP contribution >= 0.6 is 0 Å². The molecule has 8 nitrogen and oxygen atoms in total. The number of anilines is 2. The lowest BCUT2D eigenvalue weighted by Crippen LogP contribution is -2.19. The summed E-state index contributed by atoms with van der Waals surface area (Å²) < 4.78 is 7.60. The maximum absolute atomic E-state index is 11.7. The first kappa shape index (κ1) is 20.9. The standard InChI is InChI=1S/C25H26N6O2/c1-33-21-13-17(7-12-20(21)27-14-16-5-3-2-4-6-16)23-22-24(26)28-15-29-25(22)31(30-23)18-8-10-19(32)11-9-18/h2-7,12-13,15,18,27H,8-11,14H2,1H3,(H2,26,28,29). The molecule has 168 valence electrons. The van der Waals surface area contributed by atoms with Crippen molar-refractivity contribution in [2.75, 3.05) is 18.2 Å². The van der Waals surface area contributed by atoms with Gasteiger partial charge in [-0.15, -0.1) is 0 Å². The monoisotopic (exact) mass is 442 g/mol. The summed E-state index contributed by atoms with van der Waals surface area (Å²) in [5, 5.41) is 9.08. The number of benzene rings is 2. The zero-order valence-electron chi connectivity index (χ0n) is 18.5. The van der Waals surface area contributed by atoms with E-state index < -0.39 is 0 Å². The highest BCUT2D eigenvalue weighted by Crippen LogP contribution is 2.37. The molecule has 1 fully saturated rings. The highest BCUT2D eigenvalue weighted by molar-refractivity contribution is 5.98. The molecule has 3 N–H and O–H groups in total. The molecule has 0 unspecified atom stereocenters. The molecule has 0 saturated heterocycles. The van der Waals surface area contributed by atoms with Crippen LogP contribution in [-0.4, -0.2) is 32.6 Å². The van der Waals surface area contributed by atoms with E-state index in [0.717, 1.165) is 29.5 Å². The fourth-order valence-corrected chi connectivity index (χ4v) is 4.40. The minimum absolute atomic E-state index is 0.113. The van der Waals surface area contributed by atoms with Crippen LogP contribution in [0.3, 0.4) is 0 Å². The highest BCUT2D eigenvalue weighted by Gasteiger charge is 2.26. The third-order valence-electron chi connectivity index (χ3n) is 6.18. The fraction of sp³-hybridized carbons (Fsp3) is 0.280. The Labute approximate surface area is 191 Å². The predicted octanol–water partition coefficient (Wildman–Crippen LogP) is 4.38. The summed E-state index contributed by atoms with van der Waals surface area (Å²) in [5.41, 5.74) is 10.6. The Morgan fingerprint density at radius 2 is 1.91 bits per heavy atom. The van der Waals surface area contributed by atoms with Gasteiger partial charge < -0.3 is 15.8 Å². The third-order valence-corrected chi connectivity index (χ3v) is 6.18. The summed E-state index contributed by atoms with van der Waals surface area (Å²) in [6, 6.07) is 16.3. The summed E-state index contributed by atoms with van der Waals surface area (Å²) in [6.45, 7) is 0.690. The molecule has 4 aromatic rings. The molecule has 2 aromatic carbocycles. The molecule has 2 heterocycles. The SMILES string of the molecule is COc1cc(-c2nn(C3CCC(=O)CC3)c3ncnc(N)c23)ccc1NCc1ccccc1. The second kappa shape index (κ2) is 8.90. The number of carbonyl (C=O) groups excluding carboxylic acids is 1. The van der Waals surface area contributed by atoms with Crippen LogP contribution in [0.5, 0.6) is 5.75 Å². The van der Waals surface area contributed by atoms with Crippen molar-refractivity contribution in [3.63, 3.8) is 0 Å². The molecule has 0 spiro atoms. The number of nitrogens with one attached hydrogen (secondary N) is 1. The zero-order valence-corrected chi connectivity index (χ0v) is 18.5. The van der Waals surface area contributed by atoms with Gasteiger partial charge in [0.2, 0.25) is 0 Å². The minimum Gasteiger partial charge on any atom is -0.495 e. The first-order valence-electron chi connectivity index (χ1n) is 11.1. The van der Waals surface area contributed by atoms with Crippen LogP contribution in [0.25, 0.3) is 22.3 Å². The summed E-state index contributed by atoms with van der Waals surface area (Å²) in [6.07, 6.45) is 4.11. The molecule has 8 heteroatoms. The van der Waals surface area contributed by atoms with E-state index in [1.165, 1.54) is 11.9 Å². The molecule has 0 amide bonds. The number of aromatic nitrogens is 4. The molecule has 1 aliphatic carbocycles. The van der Waals surface area contributed by atoms with Gasteiger partial charge in [-0.25, -0.2) is 14.6 Å². The van der Waals surface area contributed by atoms with Gasteiger partial charge in [0.1, 0.15) is 29.4 Å². The number of Topliss-reactive ketones (excluding diaryl/α,β-unsaturated/α-hetero) is 1. The Kier molecular flexibility index (Phi) is 5.64. The Morgan fingerprint density at radius 1 is 1.12 bits per heavy atom. The minimum atomic E-state index is 0.113. The summed E-state index contributed by atoms with van der Waals surface area (Å²) >= 11 is 0. The quantitative estimate of drug-likeness (QED) is 0.456. The van der Waals surface area contributed by atoms with E-state index in [0.29, 0.717) is 48.1 Å². The van der Waals surface area contributed by atoms with Crippen molar-refractivity contribution in [3.8, 4) is 17.0 Å². The Morgan fingerprint density at radius 3 is 2.67 bits per heavy atom. The van der Waals surface area contributed by atoms with Crippen molar-refractivity contribution in [3.05, 3.63) is 60.4 Å². The number of rotatable bonds is 6. The van der Waals surface area contributed by atoms with E-state index in [9.17, 15) is 4.79 Å². The first-order chi connectivity index (χ1) is 16.1. The maximum Gasteiger partial charge on any atom is 0.164 e. The summed E-state index contributed by atoms with van der Waals surface area (Å²) in [5.74, 6) is 1.41. The van der Waals surface area contributed by atoms with Crippen molar-refractivity contribution >= 4 is 28.3 Å². The topological polar surface area (TPSA) is 108 Å². The molecule has 33 heavy (non-hydrogen) atoms. The van der Waals surface area contributed by atoms with Gasteiger partial charge >= 0.3 is 0 Å². The number of ketones is 1. The normalized spacial score (nSPS) is 14.5. The molecule has 0 bridgehead atoms.